The van der Waals surface area contributed by atoms with Crippen molar-refractivity contribution in [3.8, 4) is 0 Å². The number of halogens is 2. The lowest BCUT2D eigenvalue weighted by Gasteiger charge is -2.14. The molecule has 1 N–H and O–H groups in total. The van der Waals surface area contributed by atoms with Gasteiger partial charge in [0.15, 0.2) is 15.7 Å². The predicted molar refractivity (Wildman–Crippen MR) is 84.1 cm³/mol. The first-order valence-electron chi connectivity index (χ1n) is 6.52. The molecule has 0 atom stereocenters. The minimum atomic E-state index is -3.65. The average molecular weight is 347 g/mol. The molecule has 0 bridgehead atoms. The third kappa shape index (κ3) is 3.45. The summed E-state index contributed by atoms with van der Waals surface area (Å²) in [5.41, 5.74) is 0.220. The molecule has 0 spiro atoms. The van der Waals surface area contributed by atoms with E-state index in [1.165, 1.54) is 12.3 Å². The van der Waals surface area contributed by atoms with Crippen LogP contribution in [0.25, 0.3) is 0 Å². The number of sulfone groups is 1. The van der Waals surface area contributed by atoms with Crippen LogP contribution in [0.3, 0.4) is 0 Å². The lowest BCUT2D eigenvalue weighted by atomic mass is 10.3. The van der Waals surface area contributed by atoms with Gasteiger partial charge >= 0.3 is 0 Å². The zero-order chi connectivity index (χ0) is 16.5. The molecule has 2 rings (SSSR count). The topological polar surface area (TPSA) is 72.0 Å². The Morgan fingerprint density at radius 3 is 2.71 bits per heavy atom. The van der Waals surface area contributed by atoms with E-state index in [1.54, 1.807) is 26.0 Å². The van der Waals surface area contributed by atoms with Crippen molar-refractivity contribution in [1.82, 2.24) is 9.97 Å². The normalized spacial score (nSPS) is 12.3. The number of para-hydroxylation sites is 1. The van der Waals surface area contributed by atoms with E-state index in [0.717, 1.165) is 0 Å². The van der Waals surface area contributed by atoms with Crippen LogP contribution in [0.1, 0.15) is 15.2 Å². The molecule has 1 aromatic carbocycles. The quantitative estimate of drug-likeness (QED) is 0.854. The van der Waals surface area contributed by atoms with Crippen LogP contribution in [-0.4, -0.2) is 23.6 Å². The second kappa shape index (κ2) is 6.17. The zero-order valence-electron chi connectivity index (χ0n) is 12.3. The van der Waals surface area contributed by atoms with E-state index in [1.807, 2.05) is 0 Å². The molecule has 0 aliphatic rings. The van der Waals surface area contributed by atoms with E-state index in [0.29, 0.717) is 0 Å². The number of benzene rings is 1. The fourth-order valence-electron chi connectivity index (χ4n) is 1.55. The highest BCUT2D eigenvalue weighted by molar-refractivity contribution is 7.92. The van der Waals surface area contributed by atoms with Gasteiger partial charge in [0, 0.05) is 0 Å². The fraction of sp³-hybridized carbons (Fsp3) is 0.231. The molecule has 21 heavy (non-hydrogen) atoms. The zero-order valence-corrected chi connectivity index (χ0v) is 13.6. The second-order valence-corrected chi connectivity index (χ2v) is 7.65. The standard InChI is InChI=1S/C13H13Cl2N3O2S/c1-8(2)21(19,20)11-6-4-3-5-10(11)17-12-9(14)7-16-13(15)18-12/h3-8H,1-2H3,(H,16,17,18)/i6D. The van der Waals surface area contributed by atoms with Crippen molar-refractivity contribution in [2.45, 2.75) is 24.0 Å². The Labute approximate surface area is 134 Å². The van der Waals surface area contributed by atoms with Crippen LogP contribution in [-0.2, 0) is 9.84 Å². The van der Waals surface area contributed by atoms with Gasteiger partial charge in [-0.2, -0.15) is 4.98 Å². The minimum Gasteiger partial charge on any atom is -0.338 e. The van der Waals surface area contributed by atoms with Crippen LogP contribution in [0, 0.1) is 0 Å². The molecule has 1 aromatic heterocycles. The van der Waals surface area contributed by atoms with Crippen molar-refractivity contribution < 1.29 is 9.79 Å². The smallest absolute Gasteiger partial charge is 0.224 e. The van der Waals surface area contributed by atoms with Crippen molar-refractivity contribution in [1.29, 1.82) is 0 Å². The molecule has 0 aliphatic heterocycles. The average Bonchev–Trinajstić information content (AvgIpc) is 2.42. The largest absolute Gasteiger partial charge is 0.338 e. The van der Waals surface area contributed by atoms with Gasteiger partial charge in [-0.3, -0.25) is 0 Å². The number of anilines is 2. The Bertz CT molecular complexity index is 813. The van der Waals surface area contributed by atoms with Crippen LogP contribution in [0.15, 0.2) is 35.3 Å². The molecule has 0 fully saturated rings. The predicted octanol–water partition coefficient (Wildman–Crippen LogP) is 3.71. The van der Waals surface area contributed by atoms with Gasteiger partial charge in [-0.25, -0.2) is 13.4 Å². The molecule has 0 radical (unpaired) electrons. The van der Waals surface area contributed by atoms with Crippen LogP contribution in [0.2, 0.25) is 10.3 Å². The lowest BCUT2D eigenvalue weighted by molar-refractivity contribution is 0.588. The number of nitrogens with zero attached hydrogens (tertiary/aromatic N) is 2. The van der Waals surface area contributed by atoms with E-state index < -0.39 is 15.1 Å². The molecule has 8 heteroatoms. The molecule has 2 aromatic rings. The lowest BCUT2D eigenvalue weighted by Crippen LogP contribution is -2.15. The summed E-state index contributed by atoms with van der Waals surface area (Å²) >= 11 is 11.7. The van der Waals surface area contributed by atoms with Crippen molar-refractivity contribution in [3.63, 3.8) is 0 Å². The summed E-state index contributed by atoms with van der Waals surface area (Å²) in [5, 5.41) is 2.32. The number of hydrogen-bond donors (Lipinski definition) is 1. The summed E-state index contributed by atoms with van der Waals surface area (Å²) in [6.45, 7) is 3.11. The van der Waals surface area contributed by atoms with Crippen molar-refractivity contribution in [3.05, 3.63) is 40.7 Å². The Morgan fingerprint density at radius 1 is 1.33 bits per heavy atom. The van der Waals surface area contributed by atoms with Gasteiger partial charge in [0.2, 0.25) is 5.28 Å². The van der Waals surface area contributed by atoms with Gasteiger partial charge in [-0.1, -0.05) is 23.7 Å². The van der Waals surface area contributed by atoms with Gasteiger partial charge in [0.1, 0.15) is 5.02 Å². The Kier molecular flexibility index (Phi) is 4.28. The Balaban J connectivity index is 2.58. The fourth-order valence-corrected chi connectivity index (χ4v) is 2.95. The molecule has 0 saturated heterocycles. The number of aromatic nitrogens is 2. The summed E-state index contributed by atoms with van der Waals surface area (Å²) in [7, 11) is -3.65. The van der Waals surface area contributed by atoms with Gasteiger partial charge in [-0.05, 0) is 37.6 Å². The Hall–Kier alpha value is -1.37. The van der Waals surface area contributed by atoms with Crippen molar-refractivity contribution >= 4 is 44.5 Å². The summed E-state index contributed by atoms with van der Waals surface area (Å²) < 4.78 is 32.8. The minimum absolute atomic E-state index is 0.0257. The second-order valence-electron chi connectivity index (χ2n) is 4.47. The third-order valence-electron chi connectivity index (χ3n) is 2.69. The van der Waals surface area contributed by atoms with Gasteiger partial charge in [0.05, 0.1) is 23.4 Å². The molecule has 0 unspecified atom stereocenters. The number of rotatable bonds is 4. The first-order valence-corrected chi connectivity index (χ1v) is 8.32. The van der Waals surface area contributed by atoms with Gasteiger partial charge in [-0.15, -0.1) is 0 Å². The van der Waals surface area contributed by atoms with Gasteiger partial charge < -0.3 is 5.32 Å². The highest BCUT2D eigenvalue weighted by atomic mass is 35.5. The molecule has 112 valence electrons. The maximum atomic E-state index is 12.5. The monoisotopic (exact) mass is 346 g/mol. The molecular formula is C13H13Cl2N3O2S. The van der Waals surface area contributed by atoms with E-state index in [-0.39, 0.29) is 32.7 Å². The first-order chi connectivity index (χ1) is 10.2. The van der Waals surface area contributed by atoms with E-state index in [4.69, 9.17) is 24.6 Å². The van der Waals surface area contributed by atoms with E-state index in [2.05, 4.69) is 15.3 Å². The maximum absolute atomic E-state index is 12.5. The third-order valence-corrected chi connectivity index (χ3v) is 5.30. The molecular weight excluding hydrogens is 333 g/mol. The van der Waals surface area contributed by atoms with Crippen LogP contribution >= 0.6 is 23.2 Å². The van der Waals surface area contributed by atoms with Crippen molar-refractivity contribution in [2.24, 2.45) is 0 Å². The first kappa shape index (κ1) is 14.6. The summed E-state index contributed by atoms with van der Waals surface area (Å²) in [4.78, 5) is 7.54. The summed E-state index contributed by atoms with van der Waals surface area (Å²) in [5.74, 6) is 0.174. The van der Waals surface area contributed by atoms with Crippen LogP contribution in [0.4, 0.5) is 11.5 Å². The number of hydrogen-bond acceptors (Lipinski definition) is 5. The van der Waals surface area contributed by atoms with Crippen LogP contribution in [0.5, 0.6) is 0 Å². The summed E-state index contributed by atoms with van der Waals surface area (Å²) in [6, 6.07) is 4.42. The molecule has 0 aliphatic carbocycles. The van der Waals surface area contributed by atoms with Crippen molar-refractivity contribution in [2.75, 3.05) is 5.32 Å². The Morgan fingerprint density at radius 2 is 2.05 bits per heavy atom. The summed E-state index contributed by atoms with van der Waals surface area (Å²) in [6.07, 6.45) is 1.31. The van der Waals surface area contributed by atoms with Gasteiger partial charge in [0.25, 0.3) is 0 Å². The molecule has 0 saturated carbocycles. The highest BCUT2D eigenvalue weighted by Gasteiger charge is 2.22. The maximum Gasteiger partial charge on any atom is 0.224 e. The van der Waals surface area contributed by atoms with Crippen LogP contribution < -0.4 is 5.32 Å². The van der Waals surface area contributed by atoms with E-state index >= 15 is 0 Å². The number of nitrogens with one attached hydrogen (secondary N) is 1. The van der Waals surface area contributed by atoms with E-state index in [9.17, 15) is 8.42 Å². The SMILES string of the molecule is [2H]c1cccc(Nc2nc(Cl)ncc2Cl)c1S(=O)(=O)C(C)C. The molecule has 1 heterocycles. The highest BCUT2D eigenvalue weighted by Crippen LogP contribution is 2.29. The molecule has 0 amide bonds. The molecule has 5 nitrogen and oxygen atoms in total.